The van der Waals surface area contributed by atoms with Gasteiger partial charge in [0, 0.05) is 31.2 Å². The predicted molar refractivity (Wildman–Crippen MR) is 119 cm³/mol. The highest BCUT2D eigenvalue weighted by Gasteiger charge is 2.26. The lowest BCUT2D eigenvalue weighted by molar-refractivity contribution is -0.117. The number of ether oxygens (including phenoxy) is 1. The van der Waals surface area contributed by atoms with Crippen molar-refractivity contribution >= 4 is 29.0 Å². The first-order valence-electron chi connectivity index (χ1n) is 10.5. The normalized spacial score (nSPS) is 18.5. The fourth-order valence-corrected chi connectivity index (χ4v) is 4.24. The second-order valence-corrected chi connectivity index (χ2v) is 8.35. The third-order valence-corrected chi connectivity index (χ3v) is 5.53. The van der Waals surface area contributed by atoms with Gasteiger partial charge in [-0.15, -0.1) is 5.10 Å². The average molecular weight is 438 g/mol. The van der Waals surface area contributed by atoms with Crippen molar-refractivity contribution in [2.75, 3.05) is 30.4 Å². The summed E-state index contributed by atoms with van der Waals surface area (Å²) in [6.07, 6.45) is 4.30. The van der Waals surface area contributed by atoms with Crippen LogP contribution in [0.15, 0.2) is 41.5 Å². The number of hydrogen-bond donors (Lipinski definition) is 1. The summed E-state index contributed by atoms with van der Waals surface area (Å²) in [5.41, 5.74) is 0.911. The molecule has 0 spiro atoms. The molecule has 10 nitrogen and oxygen atoms in total. The minimum absolute atomic E-state index is 0.245. The molecule has 4 rings (SSSR count). The summed E-state index contributed by atoms with van der Waals surface area (Å²) in [7, 11) is 1.30. The Morgan fingerprint density at radius 1 is 1.16 bits per heavy atom. The fraction of sp³-hybridized carbons (Fsp3) is 0.409. The predicted octanol–water partition coefficient (Wildman–Crippen LogP) is 1.80. The number of aromatic nitrogens is 4. The van der Waals surface area contributed by atoms with Crippen LogP contribution in [0.5, 0.6) is 0 Å². The number of esters is 1. The number of hydrogen-bond acceptors (Lipinski definition) is 7. The summed E-state index contributed by atoms with van der Waals surface area (Å²) in [5.74, 6) is 0.828. The largest absolute Gasteiger partial charge is 0.465 e. The van der Waals surface area contributed by atoms with Crippen molar-refractivity contribution in [1.29, 1.82) is 0 Å². The lowest BCUT2D eigenvalue weighted by Crippen LogP contribution is -2.39. The van der Waals surface area contributed by atoms with Crippen molar-refractivity contribution < 1.29 is 14.3 Å². The molecule has 10 heteroatoms. The number of nitrogens with zero attached hydrogens (tertiary/aromatic N) is 5. The molecule has 1 saturated heterocycles. The highest BCUT2D eigenvalue weighted by atomic mass is 16.5. The van der Waals surface area contributed by atoms with Gasteiger partial charge in [-0.25, -0.2) is 23.7 Å². The van der Waals surface area contributed by atoms with E-state index in [1.165, 1.54) is 11.5 Å². The minimum Gasteiger partial charge on any atom is -0.465 e. The highest BCUT2D eigenvalue weighted by Crippen LogP contribution is 2.26. The SMILES string of the molecule is COC(=O)c1ccc(NC(=O)Cn2nc3c(N4C[C@@H](C)C[C@H](C)C4)nccn3c2=O)cc1. The van der Waals surface area contributed by atoms with Crippen LogP contribution in [0, 0.1) is 11.8 Å². The number of benzene rings is 1. The Hall–Kier alpha value is -3.69. The van der Waals surface area contributed by atoms with E-state index in [2.05, 4.69) is 38.9 Å². The Morgan fingerprint density at radius 2 is 1.84 bits per heavy atom. The molecule has 3 aromatic rings. The van der Waals surface area contributed by atoms with Crippen LogP contribution < -0.4 is 15.9 Å². The van der Waals surface area contributed by atoms with Crippen molar-refractivity contribution in [1.82, 2.24) is 19.2 Å². The highest BCUT2D eigenvalue weighted by molar-refractivity contribution is 5.92. The molecule has 32 heavy (non-hydrogen) atoms. The number of amides is 1. The second-order valence-electron chi connectivity index (χ2n) is 8.35. The van der Waals surface area contributed by atoms with E-state index < -0.39 is 17.6 Å². The molecule has 0 unspecified atom stereocenters. The monoisotopic (exact) mass is 438 g/mol. The molecule has 1 N–H and O–H groups in total. The summed E-state index contributed by atoms with van der Waals surface area (Å²) in [5, 5.41) is 7.12. The van der Waals surface area contributed by atoms with Crippen LogP contribution in [0.3, 0.4) is 0 Å². The zero-order valence-electron chi connectivity index (χ0n) is 18.3. The number of piperidine rings is 1. The van der Waals surface area contributed by atoms with Crippen LogP contribution in [-0.4, -0.2) is 51.2 Å². The van der Waals surface area contributed by atoms with E-state index in [1.807, 2.05) is 0 Å². The van der Waals surface area contributed by atoms with Crippen LogP contribution in [0.2, 0.25) is 0 Å². The lowest BCUT2D eigenvalue weighted by Gasteiger charge is -2.35. The molecule has 2 aromatic heterocycles. The Labute approximate surface area is 184 Å². The van der Waals surface area contributed by atoms with Crippen LogP contribution in [0.4, 0.5) is 11.5 Å². The number of anilines is 2. The molecule has 0 bridgehead atoms. The summed E-state index contributed by atoms with van der Waals surface area (Å²) < 4.78 is 7.22. The number of rotatable bonds is 5. The smallest absolute Gasteiger partial charge is 0.350 e. The molecule has 1 amide bonds. The number of carbonyl (C=O) groups is 2. The molecular weight excluding hydrogens is 412 g/mol. The first-order valence-corrected chi connectivity index (χ1v) is 10.5. The summed E-state index contributed by atoms with van der Waals surface area (Å²) in [6, 6.07) is 6.29. The molecular formula is C22H26N6O4. The van der Waals surface area contributed by atoms with Crippen molar-refractivity contribution in [2.24, 2.45) is 11.8 Å². The van der Waals surface area contributed by atoms with Gasteiger partial charge in [0.15, 0.2) is 5.82 Å². The van der Waals surface area contributed by atoms with Crippen molar-refractivity contribution in [3.8, 4) is 0 Å². The Balaban J connectivity index is 1.53. The van der Waals surface area contributed by atoms with Crippen molar-refractivity contribution in [3.63, 3.8) is 0 Å². The maximum Gasteiger partial charge on any atom is 0.350 e. The average Bonchev–Trinajstić information content (AvgIpc) is 3.08. The Kier molecular flexibility index (Phi) is 5.93. The zero-order chi connectivity index (χ0) is 22.8. The third kappa shape index (κ3) is 4.34. The fourth-order valence-electron chi connectivity index (χ4n) is 4.24. The standard InChI is InChI=1S/C22H26N6O4/c1-14-10-15(2)12-26(11-14)19-20-25-28(22(31)27(20)9-8-23-19)13-18(29)24-17-6-4-16(5-7-17)21(30)32-3/h4-9,14-15H,10-13H2,1-3H3,(H,24,29)/t14-,15-/m0/s1. The third-order valence-electron chi connectivity index (χ3n) is 5.53. The first-order chi connectivity index (χ1) is 15.4. The van der Waals surface area contributed by atoms with E-state index in [9.17, 15) is 14.4 Å². The summed E-state index contributed by atoms with van der Waals surface area (Å²) in [6.45, 7) is 5.86. The molecule has 1 aliphatic rings. The summed E-state index contributed by atoms with van der Waals surface area (Å²) >= 11 is 0. The van der Waals surface area contributed by atoms with E-state index in [-0.39, 0.29) is 6.54 Å². The Bertz CT molecular complexity index is 1190. The van der Waals surface area contributed by atoms with Crippen LogP contribution in [0.1, 0.15) is 30.6 Å². The van der Waals surface area contributed by atoms with Gasteiger partial charge in [0.1, 0.15) is 6.54 Å². The number of methoxy groups -OCH3 is 1. The van der Waals surface area contributed by atoms with E-state index in [4.69, 9.17) is 0 Å². The molecule has 0 saturated carbocycles. The van der Waals surface area contributed by atoms with E-state index in [0.29, 0.717) is 34.6 Å². The second kappa shape index (κ2) is 8.81. The van der Waals surface area contributed by atoms with Crippen molar-refractivity contribution in [3.05, 3.63) is 52.7 Å². The van der Waals surface area contributed by atoms with Crippen LogP contribution >= 0.6 is 0 Å². The topological polar surface area (TPSA) is 111 Å². The number of fused-ring (bicyclic) bond motifs is 1. The van der Waals surface area contributed by atoms with Gasteiger partial charge in [0.05, 0.1) is 12.7 Å². The lowest BCUT2D eigenvalue weighted by atomic mass is 9.92. The van der Waals surface area contributed by atoms with Crippen LogP contribution in [0.25, 0.3) is 5.65 Å². The van der Waals surface area contributed by atoms with Gasteiger partial charge >= 0.3 is 11.7 Å². The maximum absolute atomic E-state index is 12.8. The van der Waals surface area contributed by atoms with E-state index >= 15 is 0 Å². The van der Waals surface area contributed by atoms with Gasteiger partial charge < -0.3 is 15.0 Å². The summed E-state index contributed by atoms with van der Waals surface area (Å²) in [4.78, 5) is 43.5. The molecule has 2 atom stereocenters. The Morgan fingerprint density at radius 3 is 2.50 bits per heavy atom. The molecule has 0 aliphatic carbocycles. The molecule has 0 radical (unpaired) electrons. The van der Waals surface area contributed by atoms with Gasteiger partial charge in [0.25, 0.3) is 0 Å². The van der Waals surface area contributed by atoms with Crippen LogP contribution in [-0.2, 0) is 16.1 Å². The number of carbonyl (C=O) groups excluding carboxylic acids is 2. The molecule has 1 fully saturated rings. The van der Waals surface area contributed by atoms with Gasteiger partial charge in [-0.3, -0.25) is 4.79 Å². The maximum atomic E-state index is 12.8. The number of nitrogens with one attached hydrogen (secondary N) is 1. The molecule has 1 aliphatic heterocycles. The molecule has 1 aromatic carbocycles. The van der Waals surface area contributed by atoms with Gasteiger partial charge in [-0.05, 0) is 42.5 Å². The van der Waals surface area contributed by atoms with Gasteiger partial charge in [0.2, 0.25) is 11.6 Å². The van der Waals surface area contributed by atoms with Gasteiger partial charge in [-0.2, -0.15) is 0 Å². The minimum atomic E-state index is -0.457. The van der Waals surface area contributed by atoms with E-state index in [0.717, 1.165) is 24.2 Å². The molecule has 168 valence electrons. The zero-order valence-corrected chi connectivity index (χ0v) is 18.3. The molecule has 3 heterocycles. The first kappa shape index (κ1) is 21.5. The quantitative estimate of drug-likeness (QED) is 0.605. The van der Waals surface area contributed by atoms with E-state index in [1.54, 1.807) is 36.7 Å². The van der Waals surface area contributed by atoms with Gasteiger partial charge in [-0.1, -0.05) is 13.8 Å². The van der Waals surface area contributed by atoms with Crippen molar-refractivity contribution in [2.45, 2.75) is 26.8 Å².